The fourth-order valence-corrected chi connectivity index (χ4v) is 9.58. The highest BCUT2D eigenvalue weighted by Gasteiger charge is 2.45. The molecule has 0 saturated carbocycles. The Hall–Kier alpha value is -5.72. The van der Waals surface area contributed by atoms with Gasteiger partial charge in [0.05, 0.1) is 0 Å². The summed E-state index contributed by atoms with van der Waals surface area (Å²) in [7, 11) is 0. The molecule has 50 heavy (non-hydrogen) atoms. The van der Waals surface area contributed by atoms with Crippen LogP contribution in [0, 0.1) is 0 Å². The lowest BCUT2D eigenvalue weighted by Gasteiger charge is -2.30. The van der Waals surface area contributed by atoms with Crippen LogP contribution in [0.15, 0.2) is 158 Å². The topological polar surface area (TPSA) is 0 Å². The van der Waals surface area contributed by atoms with Gasteiger partial charge < -0.3 is 0 Å². The molecule has 0 bridgehead atoms. The second-order valence-electron chi connectivity index (χ2n) is 15.3. The van der Waals surface area contributed by atoms with Gasteiger partial charge in [-0.3, -0.25) is 0 Å². The fraction of sp³-hybridized carbons (Fsp3) is 0.120. The molecule has 0 atom stereocenters. The standard InChI is InChI=1S/C50H38/c1-49(2)43-24-13-12-19-35(43)40-26-27-41-42-30-33(25-28-44(42)50(3,4)48(41)47(40)49)32-17-14-18-34(29-32)46-38-22-10-8-20-36(38)45(31-15-6-5-7-16-31)37-21-9-11-23-39(37)46/h5-30H,1-4H3. The maximum absolute atomic E-state index is 2.46. The molecule has 0 amide bonds. The number of hydrogen-bond acceptors (Lipinski definition) is 0. The molecule has 0 aromatic heterocycles. The molecule has 8 aromatic carbocycles. The monoisotopic (exact) mass is 638 g/mol. The van der Waals surface area contributed by atoms with Crippen LogP contribution in [0.5, 0.6) is 0 Å². The van der Waals surface area contributed by atoms with E-state index in [-0.39, 0.29) is 10.8 Å². The molecule has 8 aromatic rings. The van der Waals surface area contributed by atoms with Crippen LogP contribution in [0.3, 0.4) is 0 Å². The lowest BCUT2D eigenvalue weighted by molar-refractivity contribution is 0.601. The highest BCUT2D eigenvalue weighted by Crippen LogP contribution is 2.59. The maximum atomic E-state index is 2.46. The van der Waals surface area contributed by atoms with Crippen LogP contribution in [0.25, 0.3) is 77.2 Å². The van der Waals surface area contributed by atoms with Gasteiger partial charge in [0, 0.05) is 10.8 Å². The molecule has 2 aliphatic rings. The quantitative estimate of drug-likeness (QED) is 0.169. The van der Waals surface area contributed by atoms with Crippen LogP contribution in [0.1, 0.15) is 49.9 Å². The molecule has 10 rings (SSSR count). The van der Waals surface area contributed by atoms with Gasteiger partial charge in [-0.15, -0.1) is 0 Å². The van der Waals surface area contributed by atoms with E-state index in [2.05, 4.69) is 185 Å². The Labute approximate surface area is 294 Å². The number of fused-ring (bicyclic) bond motifs is 9. The minimum absolute atomic E-state index is 0.0463. The SMILES string of the molecule is CC1(C)c2ccccc2-c2ccc3c(c21)C(C)(C)c1ccc(-c2cccc(-c4c5ccccc5c(-c5ccccc5)c5ccccc45)c2)cc1-3. The van der Waals surface area contributed by atoms with E-state index >= 15 is 0 Å². The average Bonchev–Trinajstić information content (AvgIpc) is 3.53. The van der Waals surface area contributed by atoms with E-state index in [1.165, 1.54) is 99.4 Å². The third-order valence-electron chi connectivity index (χ3n) is 11.8. The van der Waals surface area contributed by atoms with Gasteiger partial charge in [-0.05, 0) is 112 Å². The fourth-order valence-electron chi connectivity index (χ4n) is 9.58. The van der Waals surface area contributed by atoms with Crippen molar-refractivity contribution in [1.29, 1.82) is 0 Å². The average molecular weight is 639 g/mol. The van der Waals surface area contributed by atoms with Crippen molar-refractivity contribution in [3.8, 4) is 55.6 Å². The summed E-state index contributed by atoms with van der Waals surface area (Å²) in [5, 5.41) is 5.13. The number of benzene rings is 8. The molecule has 0 nitrogen and oxygen atoms in total. The molecule has 0 unspecified atom stereocenters. The van der Waals surface area contributed by atoms with Crippen molar-refractivity contribution in [1.82, 2.24) is 0 Å². The molecular weight excluding hydrogens is 601 g/mol. The number of rotatable bonds is 3. The van der Waals surface area contributed by atoms with Crippen molar-refractivity contribution in [3.63, 3.8) is 0 Å². The summed E-state index contributed by atoms with van der Waals surface area (Å²) in [5.41, 5.74) is 18.8. The zero-order chi connectivity index (χ0) is 33.8. The second-order valence-corrected chi connectivity index (χ2v) is 15.3. The van der Waals surface area contributed by atoms with E-state index < -0.39 is 0 Å². The minimum atomic E-state index is -0.0893. The van der Waals surface area contributed by atoms with Gasteiger partial charge in [0.1, 0.15) is 0 Å². The molecule has 0 spiro atoms. The summed E-state index contributed by atoms with van der Waals surface area (Å²) in [6.45, 7) is 9.67. The molecule has 0 saturated heterocycles. The second kappa shape index (κ2) is 10.4. The predicted molar refractivity (Wildman–Crippen MR) is 213 cm³/mol. The lowest BCUT2D eigenvalue weighted by Crippen LogP contribution is -2.24. The Kier molecular flexibility index (Phi) is 6.07. The van der Waals surface area contributed by atoms with Crippen LogP contribution in [-0.4, -0.2) is 0 Å². The highest BCUT2D eigenvalue weighted by molar-refractivity contribution is 6.21. The first-order chi connectivity index (χ1) is 24.3. The van der Waals surface area contributed by atoms with Crippen molar-refractivity contribution in [2.45, 2.75) is 38.5 Å². The molecule has 0 N–H and O–H groups in total. The van der Waals surface area contributed by atoms with Gasteiger partial charge >= 0.3 is 0 Å². The number of hydrogen-bond donors (Lipinski definition) is 0. The van der Waals surface area contributed by atoms with Crippen LogP contribution < -0.4 is 0 Å². The molecule has 0 radical (unpaired) electrons. The molecule has 2 aliphatic carbocycles. The zero-order valence-electron chi connectivity index (χ0n) is 29.0. The van der Waals surface area contributed by atoms with Crippen LogP contribution in [-0.2, 0) is 10.8 Å². The first kappa shape index (κ1) is 29.2. The van der Waals surface area contributed by atoms with Crippen molar-refractivity contribution < 1.29 is 0 Å². The minimum Gasteiger partial charge on any atom is -0.0622 e. The Morgan fingerprint density at radius 1 is 0.300 bits per heavy atom. The molecule has 0 aliphatic heterocycles. The first-order valence-corrected chi connectivity index (χ1v) is 17.9. The summed E-state index contributed by atoms with van der Waals surface area (Å²) < 4.78 is 0. The van der Waals surface area contributed by atoms with E-state index in [4.69, 9.17) is 0 Å². The predicted octanol–water partition coefficient (Wildman–Crippen LogP) is 13.6. The van der Waals surface area contributed by atoms with E-state index in [9.17, 15) is 0 Å². The molecule has 238 valence electrons. The van der Waals surface area contributed by atoms with Crippen molar-refractivity contribution in [2.24, 2.45) is 0 Å². The summed E-state index contributed by atoms with van der Waals surface area (Å²) in [6.07, 6.45) is 0. The maximum Gasteiger partial charge on any atom is 0.0162 e. The molecule has 0 heteroatoms. The van der Waals surface area contributed by atoms with Gasteiger partial charge in [0.15, 0.2) is 0 Å². The van der Waals surface area contributed by atoms with E-state index in [0.29, 0.717) is 0 Å². The normalized spacial score (nSPS) is 14.7. The summed E-state index contributed by atoms with van der Waals surface area (Å²) in [4.78, 5) is 0. The van der Waals surface area contributed by atoms with Crippen molar-refractivity contribution in [3.05, 3.63) is 180 Å². The Balaban J connectivity index is 1.15. The summed E-state index contributed by atoms with van der Waals surface area (Å²) in [5.74, 6) is 0. The molecular formula is C50H38. The van der Waals surface area contributed by atoms with Crippen LogP contribution in [0.2, 0.25) is 0 Å². The third-order valence-corrected chi connectivity index (χ3v) is 11.8. The Morgan fingerprint density at radius 3 is 1.40 bits per heavy atom. The van der Waals surface area contributed by atoms with Gasteiger partial charge in [-0.25, -0.2) is 0 Å². The van der Waals surface area contributed by atoms with Crippen molar-refractivity contribution in [2.75, 3.05) is 0 Å². The largest absolute Gasteiger partial charge is 0.0622 e. The van der Waals surface area contributed by atoms with Gasteiger partial charge in [-0.2, -0.15) is 0 Å². The zero-order valence-corrected chi connectivity index (χ0v) is 29.0. The Bertz CT molecular complexity index is 2630. The molecule has 0 heterocycles. The first-order valence-electron chi connectivity index (χ1n) is 17.9. The Morgan fingerprint density at radius 2 is 0.760 bits per heavy atom. The van der Waals surface area contributed by atoms with Crippen molar-refractivity contribution >= 4 is 21.5 Å². The molecule has 0 fully saturated rings. The third kappa shape index (κ3) is 3.94. The summed E-state index contributed by atoms with van der Waals surface area (Å²) >= 11 is 0. The highest BCUT2D eigenvalue weighted by atomic mass is 14.5. The van der Waals surface area contributed by atoms with Crippen LogP contribution >= 0.6 is 0 Å². The smallest absolute Gasteiger partial charge is 0.0162 e. The van der Waals surface area contributed by atoms with E-state index in [0.717, 1.165) is 0 Å². The van der Waals surface area contributed by atoms with Crippen LogP contribution in [0.4, 0.5) is 0 Å². The van der Waals surface area contributed by atoms with E-state index in [1.54, 1.807) is 0 Å². The van der Waals surface area contributed by atoms with Gasteiger partial charge in [-0.1, -0.05) is 173 Å². The van der Waals surface area contributed by atoms with Gasteiger partial charge in [0.2, 0.25) is 0 Å². The van der Waals surface area contributed by atoms with E-state index in [1.807, 2.05) is 0 Å². The lowest BCUT2D eigenvalue weighted by atomic mass is 9.72. The summed E-state index contributed by atoms with van der Waals surface area (Å²) in [6, 6.07) is 58.9. The van der Waals surface area contributed by atoms with Gasteiger partial charge in [0.25, 0.3) is 0 Å².